The Kier molecular flexibility index (Phi) is 5.39. The van der Waals surface area contributed by atoms with Gasteiger partial charge in [0.15, 0.2) is 0 Å². The minimum absolute atomic E-state index is 0.124. The fraction of sp³-hybridized carbons (Fsp3) is 0.762. The summed E-state index contributed by atoms with van der Waals surface area (Å²) in [5, 5.41) is 0. The van der Waals surface area contributed by atoms with Gasteiger partial charge in [-0.25, -0.2) is 0 Å². The molecule has 4 heteroatoms. The Labute approximate surface area is 151 Å². The van der Waals surface area contributed by atoms with Crippen molar-refractivity contribution in [2.24, 2.45) is 11.8 Å². The molecular formula is C21H32N2O2. The maximum Gasteiger partial charge on any atom is 0.0736 e. The van der Waals surface area contributed by atoms with E-state index in [0.717, 1.165) is 63.9 Å². The summed E-state index contributed by atoms with van der Waals surface area (Å²) in [4.78, 5) is 7.19. The normalized spacial score (nSPS) is 26.4. The van der Waals surface area contributed by atoms with E-state index in [0.29, 0.717) is 5.92 Å². The van der Waals surface area contributed by atoms with Crippen LogP contribution in [-0.4, -0.2) is 48.4 Å². The van der Waals surface area contributed by atoms with Gasteiger partial charge in [0.05, 0.1) is 11.3 Å². The van der Waals surface area contributed by atoms with Gasteiger partial charge < -0.3 is 9.47 Å². The molecule has 0 radical (unpaired) electrons. The molecule has 2 aliphatic heterocycles. The molecule has 1 aliphatic carbocycles. The zero-order valence-corrected chi connectivity index (χ0v) is 15.6. The van der Waals surface area contributed by atoms with E-state index in [1.165, 1.54) is 31.4 Å². The van der Waals surface area contributed by atoms with Crippen LogP contribution in [0.25, 0.3) is 0 Å². The molecule has 2 saturated heterocycles. The van der Waals surface area contributed by atoms with Crippen molar-refractivity contribution in [2.75, 3.05) is 32.9 Å². The standard InChI is InChI=1S/C21H32N2O2/c1-17-3-2-4-20(22-17)15-23-11-9-21(10-12-23)19(8-14-25-21)7-13-24-16-18-5-6-18/h2-4,18-19H,5-16H2,1H3. The summed E-state index contributed by atoms with van der Waals surface area (Å²) in [5.41, 5.74) is 2.42. The molecule has 0 amide bonds. The summed E-state index contributed by atoms with van der Waals surface area (Å²) in [5.74, 6) is 1.55. The first kappa shape index (κ1) is 17.4. The molecule has 1 spiro atoms. The summed E-state index contributed by atoms with van der Waals surface area (Å²) in [6.45, 7) is 8.11. The average Bonchev–Trinajstić information content (AvgIpc) is 3.36. The van der Waals surface area contributed by atoms with Gasteiger partial charge in [0, 0.05) is 45.1 Å². The SMILES string of the molecule is Cc1cccc(CN2CCC3(CC2)OCCC3CCOCC2CC2)n1. The quantitative estimate of drug-likeness (QED) is 0.708. The van der Waals surface area contributed by atoms with Crippen molar-refractivity contribution in [1.29, 1.82) is 0 Å². The van der Waals surface area contributed by atoms with E-state index in [-0.39, 0.29) is 5.60 Å². The largest absolute Gasteiger partial charge is 0.381 e. The number of aromatic nitrogens is 1. The van der Waals surface area contributed by atoms with Crippen LogP contribution in [-0.2, 0) is 16.0 Å². The first-order valence-electron chi connectivity index (χ1n) is 10.1. The second-order valence-corrected chi connectivity index (χ2v) is 8.25. The lowest BCUT2D eigenvalue weighted by atomic mass is 9.78. The molecule has 138 valence electrons. The number of likely N-dealkylation sites (tertiary alicyclic amines) is 1. The number of nitrogens with zero attached hydrogens (tertiary/aromatic N) is 2. The van der Waals surface area contributed by atoms with E-state index >= 15 is 0 Å². The monoisotopic (exact) mass is 344 g/mol. The number of piperidine rings is 1. The molecule has 0 aromatic carbocycles. The van der Waals surface area contributed by atoms with Gasteiger partial charge >= 0.3 is 0 Å². The minimum atomic E-state index is 0.124. The number of ether oxygens (including phenoxy) is 2. The van der Waals surface area contributed by atoms with Crippen LogP contribution in [0.1, 0.15) is 49.9 Å². The lowest BCUT2D eigenvalue weighted by Gasteiger charge is -2.42. The van der Waals surface area contributed by atoms with Gasteiger partial charge in [0.2, 0.25) is 0 Å². The highest BCUT2D eigenvalue weighted by Gasteiger charge is 2.45. The Morgan fingerprint density at radius 1 is 1.24 bits per heavy atom. The summed E-state index contributed by atoms with van der Waals surface area (Å²) in [6.07, 6.45) is 7.46. The van der Waals surface area contributed by atoms with Crippen molar-refractivity contribution >= 4 is 0 Å². The molecule has 1 saturated carbocycles. The van der Waals surface area contributed by atoms with Gasteiger partial charge in [-0.1, -0.05) is 6.07 Å². The molecule has 4 nitrogen and oxygen atoms in total. The molecule has 0 N–H and O–H groups in total. The molecule has 1 aromatic rings. The molecule has 1 aromatic heterocycles. The maximum atomic E-state index is 6.30. The second kappa shape index (κ2) is 7.73. The minimum Gasteiger partial charge on any atom is -0.381 e. The molecule has 25 heavy (non-hydrogen) atoms. The molecule has 3 aliphatic rings. The Hall–Kier alpha value is -0.970. The molecule has 4 rings (SSSR count). The van der Waals surface area contributed by atoms with Crippen LogP contribution < -0.4 is 0 Å². The predicted molar refractivity (Wildman–Crippen MR) is 98.4 cm³/mol. The van der Waals surface area contributed by atoms with E-state index in [9.17, 15) is 0 Å². The highest BCUT2D eigenvalue weighted by molar-refractivity contribution is 5.10. The smallest absolute Gasteiger partial charge is 0.0736 e. The van der Waals surface area contributed by atoms with Gasteiger partial charge in [-0.05, 0) is 69.4 Å². The van der Waals surface area contributed by atoms with Crippen molar-refractivity contribution in [1.82, 2.24) is 9.88 Å². The third-order valence-electron chi connectivity index (χ3n) is 6.29. The zero-order chi connectivity index (χ0) is 17.1. The predicted octanol–water partition coefficient (Wildman–Crippen LogP) is 3.58. The van der Waals surface area contributed by atoms with E-state index in [2.05, 4.69) is 35.0 Å². The topological polar surface area (TPSA) is 34.6 Å². The molecule has 3 heterocycles. The third-order valence-corrected chi connectivity index (χ3v) is 6.29. The lowest BCUT2D eigenvalue weighted by molar-refractivity contribution is -0.0732. The van der Waals surface area contributed by atoms with E-state index in [1.807, 2.05) is 0 Å². The summed E-state index contributed by atoms with van der Waals surface area (Å²) < 4.78 is 12.2. The Morgan fingerprint density at radius 2 is 2.08 bits per heavy atom. The molecule has 0 bridgehead atoms. The van der Waals surface area contributed by atoms with Crippen molar-refractivity contribution in [3.63, 3.8) is 0 Å². The van der Waals surface area contributed by atoms with Gasteiger partial charge in [-0.2, -0.15) is 0 Å². The van der Waals surface area contributed by atoms with Crippen LogP contribution >= 0.6 is 0 Å². The Balaban J connectivity index is 1.25. The third kappa shape index (κ3) is 4.42. The maximum absolute atomic E-state index is 6.30. The van der Waals surface area contributed by atoms with Crippen LogP contribution in [0.4, 0.5) is 0 Å². The molecule has 1 unspecified atom stereocenters. The van der Waals surface area contributed by atoms with Gasteiger partial charge in [0.25, 0.3) is 0 Å². The van der Waals surface area contributed by atoms with Crippen LogP contribution in [0.3, 0.4) is 0 Å². The van der Waals surface area contributed by atoms with Crippen molar-refractivity contribution < 1.29 is 9.47 Å². The first-order chi connectivity index (χ1) is 12.2. The van der Waals surface area contributed by atoms with Crippen LogP contribution in [0.5, 0.6) is 0 Å². The number of hydrogen-bond donors (Lipinski definition) is 0. The Morgan fingerprint density at radius 3 is 2.84 bits per heavy atom. The first-order valence-corrected chi connectivity index (χ1v) is 10.1. The van der Waals surface area contributed by atoms with Crippen LogP contribution in [0.15, 0.2) is 18.2 Å². The van der Waals surface area contributed by atoms with Crippen LogP contribution in [0.2, 0.25) is 0 Å². The number of hydrogen-bond acceptors (Lipinski definition) is 4. The highest BCUT2D eigenvalue weighted by Crippen LogP contribution is 2.42. The summed E-state index contributed by atoms with van der Waals surface area (Å²) in [6, 6.07) is 6.32. The van der Waals surface area contributed by atoms with E-state index in [4.69, 9.17) is 9.47 Å². The molecular weight excluding hydrogens is 312 g/mol. The number of rotatable bonds is 7. The van der Waals surface area contributed by atoms with Crippen LogP contribution in [0, 0.1) is 18.8 Å². The zero-order valence-electron chi connectivity index (χ0n) is 15.6. The van der Waals surface area contributed by atoms with E-state index < -0.39 is 0 Å². The molecule has 3 fully saturated rings. The Bertz CT molecular complexity index is 565. The second-order valence-electron chi connectivity index (χ2n) is 8.25. The lowest BCUT2D eigenvalue weighted by Crippen LogP contribution is -2.47. The summed E-state index contributed by atoms with van der Waals surface area (Å²) in [7, 11) is 0. The van der Waals surface area contributed by atoms with Gasteiger partial charge in [-0.3, -0.25) is 9.88 Å². The van der Waals surface area contributed by atoms with Gasteiger partial charge in [0.1, 0.15) is 0 Å². The van der Waals surface area contributed by atoms with Gasteiger partial charge in [-0.15, -0.1) is 0 Å². The fourth-order valence-corrected chi connectivity index (χ4v) is 4.51. The average molecular weight is 344 g/mol. The number of pyridine rings is 1. The fourth-order valence-electron chi connectivity index (χ4n) is 4.51. The van der Waals surface area contributed by atoms with Crippen molar-refractivity contribution in [3.05, 3.63) is 29.6 Å². The van der Waals surface area contributed by atoms with Crippen molar-refractivity contribution in [2.45, 2.75) is 57.6 Å². The summed E-state index contributed by atoms with van der Waals surface area (Å²) >= 11 is 0. The molecule has 1 atom stereocenters. The van der Waals surface area contributed by atoms with E-state index in [1.54, 1.807) is 0 Å². The highest BCUT2D eigenvalue weighted by atomic mass is 16.5. The number of aryl methyl sites for hydroxylation is 1. The van der Waals surface area contributed by atoms with Crippen molar-refractivity contribution in [3.8, 4) is 0 Å².